The van der Waals surface area contributed by atoms with Crippen LogP contribution >= 0.6 is 0 Å². The summed E-state index contributed by atoms with van der Waals surface area (Å²) in [4.78, 5) is 6.13. The summed E-state index contributed by atoms with van der Waals surface area (Å²) in [6.07, 6.45) is 3.19. The third-order valence-electron chi connectivity index (χ3n) is 2.55. The molecule has 2 aromatic rings. The molecule has 0 atom stereocenters. The summed E-state index contributed by atoms with van der Waals surface area (Å²) < 4.78 is 1.66. The van der Waals surface area contributed by atoms with Crippen LogP contribution in [0.15, 0.2) is 35.5 Å². The van der Waals surface area contributed by atoms with E-state index in [1.807, 2.05) is 50.2 Å². The Morgan fingerprint density at radius 1 is 1.32 bits per heavy atom. The second-order valence-corrected chi connectivity index (χ2v) is 4.45. The van der Waals surface area contributed by atoms with E-state index in [0.29, 0.717) is 11.4 Å². The molecule has 0 amide bonds. The van der Waals surface area contributed by atoms with Crippen molar-refractivity contribution in [2.75, 3.05) is 14.1 Å². The lowest BCUT2D eigenvalue weighted by Gasteiger charge is -2.06. The molecule has 0 unspecified atom stereocenters. The average molecular weight is 253 g/mol. The average Bonchev–Trinajstić information content (AvgIpc) is 2.80. The van der Waals surface area contributed by atoms with Gasteiger partial charge in [0.1, 0.15) is 11.6 Å². The molecule has 0 aliphatic rings. The summed E-state index contributed by atoms with van der Waals surface area (Å²) in [6.45, 7) is 2.03. The Kier molecular flexibility index (Phi) is 3.62. The van der Waals surface area contributed by atoms with Gasteiger partial charge in [0.2, 0.25) is 0 Å². The summed E-state index contributed by atoms with van der Waals surface area (Å²) >= 11 is 0. The Morgan fingerprint density at radius 3 is 2.58 bits per heavy atom. The van der Waals surface area contributed by atoms with Crippen LogP contribution in [0.2, 0.25) is 0 Å². The van der Waals surface area contributed by atoms with Gasteiger partial charge in [-0.15, -0.1) is 0 Å². The second-order valence-electron chi connectivity index (χ2n) is 4.45. The van der Waals surface area contributed by atoms with Crippen LogP contribution in [-0.2, 0) is 0 Å². The van der Waals surface area contributed by atoms with Gasteiger partial charge < -0.3 is 4.90 Å². The number of hydrogen-bond acceptors (Lipinski definition) is 3. The van der Waals surface area contributed by atoms with E-state index in [-0.39, 0.29) is 0 Å². The first-order chi connectivity index (χ1) is 9.11. The first-order valence-corrected chi connectivity index (χ1v) is 5.87. The van der Waals surface area contributed by atoms with Crippen molar-refractivity contribution < 1.29 is 0 Å². The van der Waals surface area contributed by atoms with E-state index in [9.17, 15) is 0 Å². The van der Waals surface area contributed by atoms with Crippen LogP contribution in [0.4, 0.5) is 5.82 Å². The van der Waals surface area contributed by atoms with E-state index in [0.717, 1.165) is 5.69 Å². The summed E-state index contributed by atoms with van der Waals surface area (Å²) in [7, 11) is 3.75. The van der Waals surface area contributed by atoms with Gasteiger partial charge in [0.15, 0.2) is 5.82 Å². The lowest BCUT2D eigenvalue weighted by Crippen LogP contribution is -2.07. The number of aryl methyl sites for hydroxylation is 1. The summed E-state index contributed by atoms with van der Waals surface area (Å²) in [6, 6.07) is 10.0. The fraction of sp³-hybridized carbons (Fsp3) is 0.214. The van der Waals surface area contributed by atoms with Crippen LogP contribution in [0.25, 0.3) is 5.69 Å². The molecule has 0 bridgehead atoms. The Hall–Kier alpha value is -2.61. The van der Waals surface area contributed by atoms with E-state index in [4.69, 9.17) is 5.26 Å². The zero-order valence-electron chi connectivity index (χ0n) is 11.2. The number of aromatic nitrogens is 2. The Labute approximate surface area is 112 Å². The lowest BCUT2D eigenvalue weighted by molar-refractivity contribution is 0.642. The first-order valence-electron chi connectivity index (χ1n) is 5.87. The molecule has 1 aromatic carbocycles. The number of hydrogen-bond donors (Lipinski definition) is 0. The topological polar surface area (TPSA) is 57.2 Å². The van der Waals surface area contributed by atoms with Crippen molar-refractivity contribution in [2.45, 2.75) is 6.92 Å². The van der Waals surface area contributed by atoms with Gasteiger partial charge in [-0.25, -0.2) is 9.67 Å². The monoisotopic (exact) mass is 253 g/mol. The van der Waals surface area contributed by atoms with Crippen molar-refractivity contribution in [3.63, 3.8) is 0 Å². The van der Waals surface area contributed by atoms with Gasteiger partial charge >= 0.3 is 0 Å². The van der Waals surface area contributed by atoms with E-state index in [2.05, 4.69) is 16.2 Å². The van der Waals surface area contributed by atoms with Gasteiger partial charge in [0.25, 0.3) is 0 Å². The summed E-state index contributed by atoms with van der Waals surface area (Å²) in [5.74, 6) is 0.542. The Morgan fingerprint density at radius 2 is 2.00 bits per heavy atom. The van der Waals surface area contributed by atoms with Crippen LogP contribution in [0.3, 0.4) is 0 Å². The summed E-state index contributed by atoms with van der Waals surface area (Å²) in [5.41, 5.74) is 2.52. The van der Waals surface area contributed by atoms with Crippen molar-refractivity contribution in [3.8, 4) is 11.8 Å². The van der Waals surface area contributed by atoms with Crippen LogP contribution in [0.5, 0.6) is 0 Å². The number of rotatable bonds is 3. The third-order valence-corrected chi connectivity index (χ3v) is 2.55. The summed E-state index contributed by atoms with van der Waals surface area (Å²) in [5, 5.41) is 13.3. The molecule has 5 heteroatoms. The maximum atomic E-state index is 9.10. The molecule has 0 radical (unpaired) electrons. The Bertz CT molecular complexity index is 629. The molecule has 0 aliphatic carbocycles. The predicted octanol–water partition coefficient (Wildman–Crippen LogP) is 2.27. The van der Waals surface area contributed by atoms with Gasteiger partial charge in [-0.2, -0.15) is 10.4 Å². The van der Waals surface area contributed by atoms with E-state index < -0.39 is 0 Å². The van der Waals surface area contributed by atoms with Gasteiger partial charge in [-0.3, -0.25) is 0 Å². The Balaban J connectivity index is 2.49. The third kappa shape index (κ3) is 2.80. The van der Waals surface area contributed by atoms with Crippen LogP contribution in [0, 0.1) is 18.3 Å². The molecule has 1 aromatic heterocycles. The molecular formula is C14H15N5. The molecule has 0 saturated carbocycles. The van der Waals surface area contributed by atoms with Gasteiger partial charge in [-0.1, -0.05) is 17.7 Å². The fourth-order valence-electron chi connectivity index (χ4n) is 1.59. The highest BCUT2D eigenvalue weighted by molar-refractivity contribution is 5.63. The number of nitrogens with zero attached hydrogens (tertiary/aromatic N) is 5. The maximum absolute atomic E-state index is 9.10. The highest BCUT2D eigenvalue weighted by Crippen LogP contribution is 2.22. The molecule has 0 fully saturated rings. The molecule has 96 valence electrons. The minimum absolute atomic E-state index is 0.457. The largest absolute Gasteiger partial charge is 0.369 e. The zero-order chi connectivity index (χ0) is 13.8. The second kappa shape index (κ2) is 5.36. The minimum Gasteiger partial charge on any atom is -0.369 e. The maximum Gasteiger partial charge on any atom is 0.175 e. The van der Waals surface area contributed by atoms with Crippen molar-refractivity contribution in [3.05, 3.63) is 41.6 Å². The predicted molar refractivity (Wildman–Crippen MR) is 74.9 cm³/mol. The van der Waals surface area contributed by atoms with Crippen LogP contribution in [0.1, 0.15) is 11.1 Å². The molecule has 2 rings (SSSR count). The minimum atomic E-state index is 0.457. The molecular weight excluding hydrogens is 238 g/mol. The highest BCUT2D eigenvalue weighted by Gasteiger charge is 2.10. The van der Waals surface area contributed by atoms with Crippen molar-refractivity contribution in [2.24, 2.45) is 4.99 Å². The number of nitriles is 1. The first kappa shape index (κ1) is 12.8. The lowest BCUT2D eigenvalue weighted by atomic mass is 10.2. The molecule has 0 saturated heterocycles. The van der Waals surface area contributed by atoms with E-state index in [1.54, 1.807) is 11.0 Å². The number of aliphatic imine (C=N–C) groups is 1. The van der Waals surface area contributed by atoms with E-state index in [1.165, 1.54) is 11.8 Å². The van der Waals surface area contributed by atoms with Crippen LogP contribution < -0.4 is 0 Å². The zero-order valence-corrected chi connectivity index (χ0v) is 11.2. The molecule has 0 N–H and O–H groups in total. The molecule has 1 heterocycles. The van der Waals surface area contributed by atoms with Gasteiger partial charge in [-0.05, 0) is 19.1 Å². The van der Waals surface area contributed by atoms with Crippen molar-refractivity contribution >= 4 is 12.2 Å². The molecule has 5 nitrogen and oxygen atoms in total. The normalized spacial score (nSPS) is 10.6. The van der Waals surface area contributed by atoms with Crippen molar-refractivity contribution in [1.82, 2.24) is 14.7 Å². The fourth-order valence-corrected chi connectivity index (χ4v) is 1.59. The molecule has 0 spiro atoms. The van der Waals surface area contributed by atoms with Crippen LogP contribution in [-0.4, -0.2) is 35.1 Å². The van der Waals surface area contributed by atoms with Gasteiger partial charge in [0, 0.05) is 14.1 Å². The highest BCUT2D eigenvalue weighted by atomic mass is 15.3. The quantitative estimate of drug-likeness (QED) is 0.623. The molecule has 0 aliphatic heterocycles. The van der Waals surface area contributed by atoms with E-state index >= 15 is 0 Å². The molecule has 19 heavy (non-hydrogen) atoms. The SMILES string of the molecule is Cc1ccc(-n2ncc(C#N)c2/N=C/N(C)C)cc1. The standard InChI is InChI=1S/C14H15N5/c1-11-4-6-13(7-5-11)19-14(16-10-18(2)3)12(8-15)9-17-19/h4-7,9-10H,1-3H3/b16-10+. The smallest absolute Gasteiger partial charge is 0.175 e. The van der Waals surface area contributed by atoms with Crippen molar-refractivity contribution in [1.29, 1.82) is 5.26 Å². The number of benzene rings is 1. The van der Waals surface area contributed by atoms with Gasteiger partial charge in [0.05, 0.1) is 18.2 Å².